The first-order chi connectivity index (χ1) is 6.08. The van der Waals surface area contributed by atoms with Crippen molar-refractivity contribution in [1.82, 2.24) is 0 Å². The topological polar surface area (TPSA) is 0 Å². The molecule has 0 heterocycles. The van der Waals surface area contributed by atoms with E-state index < -0.39 is 0 Å². The van der Waals surface area contributed by atoms with Gasteiger partial charge in [0.05, 0.1) is 0 Å². The van der Waals surface area contributed by atoms with Crippen molar-refractivity contribution in [2.45, 2.75) is 36.4 Å². The van der Waals surface area contributed by atoms with Crippen LogP contribution in [0.3, 0.4) is 0 Å². The van der Waals surface area contributed by atoms with Crippen LogP contribution in [0.2, 0.25) is 36.4 Å². The SMILES string of the molecule is BCC(B)C(C(B)CB)C(B)CB. The van der Waals surface area contributed by atoms with Crippen molar-refractivity contribution in [3.63, 3.8) is 0 Å². The van der Waals surface area contributed by atoms with Gasteiger partial charge in [-0.2, -0.15) is 0 Å². The smallest absolute Gasteiger partial charge is 0.0850 e. The average molecular weight is 171 g/mol. The molecule has 3 atom stereocenters. The predicted molar refractivity (Wildman–Crippen MR) is 80.4 cm³/mol. The van der Waals surface area contributed by atoms with Crippen molar-refractivity contribution >= 4 is 47.1 Å². The molecule has 0 rings (SSSR count). The largest absolute Gasteiger partial charge is 0.104 e. The highest BCUT2D eigenvalue weighted by Gasteiger charge is 2.25. The maximum Gasteiger partial charge on any atom is 0.104 e. The van der Waals surface area contributed by atoms with Gasteiger partial charge in [0.2, 0.25) is 0 Å². The van der Waals surface area contributed by atoms with E-state index in [9.17, 15) is 0 Å². The molecule has 0 N–H and O–H groups in total. The maximum absolute atomic E-state index is 2.42. The molecule has 0 aliphatic carbocycles. The summed E-state index contributed by atoms with van der Waals surface area (Å²) >= 11 is 0. The molecule has 0 aliphatic heterocycles. The van der Waals surface area contributed by atoms with Gasteiger partial charge in [-0.1, -0.05) is 42.3 Å². The third kappa shape index (κ3) is 3.95. The minimum Gasteiger partial charge on any atom is -0.0850 e. The van der Waals surface area contributed by atoms with Gasteiger partial charge >= 0.3 is 0 Å². The third-order valence-electron chi connectivity index (χ3n) is 3.90. The first kappa shape index (κ1) is 13.4. The lowest BCUT2D eigenvalue weighted by Gasteiger charge is -2.34. The van der Waals surface area contributed by atoms with Crippen LogP contribution in [0.15, 0.2) is 0 Å². The van der Waals surface area contributed by atoms with E-state index in [4.69, 9.17) is 0 Å². The van der Waals surface area contributed by atoms with Gasteiger partial charge in [-0.05, 0) is 0 Å². The first-order valence-electron chi connectivity index (χ1n) is 6.08. The van der Waals surface area contributed by atoms with Crippen LogP contribution < -0.4 is 0 Å². The van der Waals surface area contributed by atoms with Gasteiger partial charge in [0.25, 0.3) is 0 Å². The standard InChI is InChI=1S/C7H22B6/c8-1-4(11)7(5(12)2-9)6(13)3-10/h4-7H,1-3,8-13H2. The van der Waals surface area contributed by atoms with Crippen molar-refractivity contribution in [2.75, 3.05) is 0 Å². The molecule has 0 saturated carbocycles. The van der Waals surface area contributed by atoms with Crippen molar-refractivity contribution < 1.29 is 0 Å². The predicted octanol–water partition coefficient (Wildman–Crippen LogP) is -2.98. The lowest BCUT2D eigenvalue weighted by Crippen LogP contribution is -2.21. The van der Waals surface area contributed by atoms with Gasteiger partial charge < -0.3 is 0 Å². The Morgan fingerprint density at radius 3 is 1.00 bits per heavy atom. The Morgan fingerprint density at radius 1 is 0.615 bits per heavy atom. The molecule has 0 saturated heterocycles. The van der Waals surface area contributed by atoms with E-state index in [-0.39, 0.29) is 0 Å². The summed E-state index contributed by atoms with van der Waals surface area (Å²) < 4.78 is 0. The maximum atomic E-state index is 2.42. The van der Waals surface area contributed by atoms with Crippen molar-refractivity contribution in [3.05, 3.63) is 0 Å². The Morgan fingerprint density at radius 2 is 0.846 bits per heavy atom. The minimum atomic E-state index is 0.893. The summed E-state index contributed by atoms with van der Waals surface area (Å²) in [5, 5.41) is 0. The summed E-state index contributed by atoms with van der Waals surface area (Å²) in [6, 6.07) is 0. The fourth-order valence-electron chi connectivity index (χ4n) is 2.50. The first-order valence-corrected chi connectivity index (χ1v) is 6.08. The van der Waals surface area contributed by atoms with Crippen LogP contribution >= 0.6 is 0 Å². The molecule has 0 aromatic rings. The summed E-state index contributed by atoms with van der Waals surface area (Å²) in [6.45, 7) is 0. The molecular formula is C7H22B6. The Labute approximate surface area is 89.8 Å². The molecule has 68 valence electrons. The highest BCUT2D eigenvalue weighted by molar-refractivity contribution is 6.25. The molecule has 0 aromatic heterocycles. The van der Waals surface area contributed by atoms with Crippen LogP contribution in [-0.4, -0.2) is 47.1 Å². The summed E-state index contributed by atoms with van der Waals surface area (Å²) in [5.41, 5.74) is 0. The highest BCUT2D eigenvalue weighted by atomic mass is 14.2. The fourth-order valence-corrected chi connectivity index (χ4v) is 2.50. The quantitative estimate of drug-likeness (QED) is 0.374. The van der Waals surface area contributed by atoms with Crippen LogP contribution in [0, 0.1) is 5.92 Å². The zero-order valence-electron chi connectivity index (χ0n) is 10.4. The number of hydrogen-bond acceptors (Lipinski definition) is 0. The van der Waals surface area contributed by atoms with E-state index in [0.717, 1.165) is 23.4 Å². The van der Waals surface area contributed by atoms with Gasteiger partial charge in [-0.3, -0.25) is 0 Å². The lowest BCUT2D eigenvalue weighted by atomic mass is 9.49. The third-order valence-corrected chi connectivity index (χ3v) is 3.90. The number of rotatable bonds is 6. The molecule has 0 aliphatic rings. The normalized spacial score (nSPS) is 20.3. The number of hydrogen-bond donors (Lipinski definition) is 0. The van der Waals surface area contributed by atoms with Gasteiger partial charge in [0.15, 0.2) is 0 Å². The molecule has 0 bridgehead atoms. The molecule has 3 unspecified atom stereocenters. The van der Waals surface area contributed by atoms with Crippen molar-refractivity contribution in [3.8, 4) is 0 Å². The summed E-state index contributed by atoms with van der Waals surface area (Å²) in [6.07, 6.45) is 4.00. The summed E-state index contributed by atoms with van der Waals surface area (Å²) in [4.78, 5) is 0. The van der Waals surface area contributed by atoms with Crippen LogP contribution in [0.25, 0.3) is 0 Å². The minimum absolute atomic E-state index is 0.893. The molecular weight excluding hydrogens is 149 g/mol. The molecule has 0 nitrogen and oxygen atoms in total. The second-order valence-corrected chi connectivity index (χ2v) is 4.73. The van der Waals surface area contributed by atoms with E-state index in [1.54, 1.807) is 0 Å². The average Bonchev–Trinajstić information content (AvgIpc) is 2.16. The Bertz CT molecular complexity index is 106. The summed E-state index contributed by atoms with van der Waals surface area (Å²) in [7, 11) is 14.2. The molecule has 6 heteroatoms. The summed E-state index contributed by atoms with van der Waals surface area (Å²) in [5.74, 6) is 3.61. The molecule has 0 spiro atoms. The van der Waals surface area contributed by atoms with Crippen LogP contribution in [0.5, 0.6) is 0 Å². The van der Waals surface area contributed by atoms with Crippen LogP contribution in [-0.2, 0) is 0 Å². The van der Waals surface area contributed by atoms with Crippen molar-refractivity contribution in [1.29, 1.82) is 0 Å². The Hall–Kier alpha value is 0.390. The molecule has 0 radical (unpaired) electrons. The van der Waals surface area contributed by atoms with Gasteiger partial charge in [0.1, 0.15) is 47.1 Å². The molecule has 0 fully saturated rings. The van der Waals surface area contributed by atoms with Gasteiger partial charge in [0, 0.05) is 0 Å². The Kier molecular flexibility index (Phi) is 6.99. The highest BCUT2D eigenvalue weighted by Crippen LogP contribution is 2.39. The lowest BCUT2D eigenvalue weighted by molar-refractivity contribution is 0.478. The zero-order valence-corrected chi connectivity index (χ0v) is 10.4. The molecule has 0 aromatic carbocycles. The van der Waals surface area contributed by atoms with E-state index in [1.807, 2.05) is 0 Å². The van der Waals surface area contributed by atoms with Crippen molar-refractivity contribution in [2.24, 2.45) is 5.92 Å². The zero-order chi connectivity index (χ0) is 10.4. The molecule has 0 amide bonds. The van der Waals surface area contributed by atoms with E-state index in [0.29, 0.717) is 0 Å². The van der Waals surface area contributed by atoms with Gasteiger partial charge in [-0.25, -0.2) is 0 Å². The monoisotopic (exact) mass is 172 g/mol. The van der Waals surface area contributed by atoms with Gasteiger partial charge in [-0.15, -0.1) is 0 Å². The fraction of sp³-hybridized carbons (Fsp3) is 1.00. The van der Waals surface area contributed by atoms with E-state index in [1.165, 1.54) is 19.0 Å². The van der Waals surface area contributed by atoms with Crippen LogP contribution in [0.1, 0.15) is 0 Å². The second kappa shape index (κ2) is 6.79. The van der Waals surface area contributed by atoms with E-state index >= 15 is 0 Å². The van der Waals surface area contributed by atoms with E-state index in [2.05, 4.69) is 47.1 Å². The Balaban J connectivity index is 4.34. The molecule has 13 heavy (non-hydrogen) atoms. The van der Waals surface area contributed by atoms with Crippen LogP contribution in [0.4, 0.5) is 0 Å². The second-order valence-electron chi connectivity index (χ2n) is 4.73.